The molecule has 1 heterocycles. The van der Waals surface area contributed by atoms with Gasteiger partial charge in [0.05, 0.1) is 23.6 Å². The Morgan fingerprint density at radius 1 is 1.21 bits per heavy atom. The fraction of sp³-hybridized carbons (Fsp3) is 0.522. The van der Waals surface area contributed by atoms with Gasteiger partial charge in [0.25, 0.3) is 5.91 Å². The van der Waals surface area contributed by atoms with Crippen molar-refractivity contribution >= 4 is 5.91 Å². The average Bonchev–Trinajstić information content (AvgIpc) is 2.76. The van der Waals surface area contributed by atoms with E-state index in [1.54, 1.807) is 6.20 Å². The summed E-state index contributed by atoms with van der Waals surface area (Å²) in [7, 11) is 1.94. The van der Waals surface area contributed by atoms with Gasteiger partial charge in [-0.05, 0) is 32.3 Å². The lowest BCUT2D eigenvalue weighted by molar-refractivity contribution is -0.170. The van der Waals surface area contributed by atoms with Crippen LogP contribution in [0.4, 0.5) is 0 Å². The zero-order chi connectivity index (χ0) is 19.6. The summed E-state index contributed by atoms with van der Waals surface area (Å²) in [6, 6.07) is 12.0. The lowest BCUT2D eigenvalue weighted by Gasteiger charge is -2.60. The minimum atomic E-state index is 0.0250. The van der Waals surface area contributed by atoms with Crippen LogP contribution in [0.3, 0.4) is 0 Å². The number of hydrogen-bond donors (Lipinski definition) is 0. The molecule has 4 rings (SSSR count). The molecule has 0 radical (unpaired) electrons. The van der Waals surface area contributed by atoms with E-state index in [1.165, 1.54) is 19.3 Å². The van der Waals surface area contributed by atoms with Crippen molar-refractivity contribution in [1.82, 2.24) is 15.1 Å². The molecule has 2 aromatic rings. The van der Waals surface area contributed by atoms with Gasteiger partial charge in [0, 0.05) is 30.7 Å². The second-order valence-electron chi connectivity index (χ2n) is 8.10. The lowest BCUT2D eigenvalue weighted by atomic mass is 9.54. The lowest BCUT2D eigenvalue weighted by Crippen LogP contribution is -2.65. The van der Waals surface area contributed by atoms with Crippen LogP contribution in [0.15, 0.2) is 42.6 Å². The van der Waals surface area contributed by atoms with Crippen LogP contribution in [0.5, 0.6) is 0 Å². The molecule has 0 aliphatic heterocycles. The maximum atomic E-state index is 13.3. The van der Waals surface area contributed by atoms with E-state index in [1.807, 2.05) is 48.3 Å². The molecule has 2 saturated carbocycles. The van der Waals surface area contributed by atoms with Gasteiger partial charge in [-0.25, -0.2) is 0 Å². The van der Waals surface area contributed by atoms with Gasteiger partial charge in [0.1, 0.15) is 0 Å². The molecular weight excluding hydrogens is 350 g/mol. The molecule has 28 heavy (non-hydrogen) atoms. The molecule has 2 fully saturated rings. The average molecular weight is 380 g/mol. The van der Waals surface area contributed by atoms with Crippen molar-refractivity contribution in [2.45, 2.75) is 57.6 Å². The van der Waals surface area contributed by atoms with E-state index in [2.05, 4.69) is 17.1 Å². The monoisotopic (exact) mass is 379 g/mol. The van der Waals surface area contributed by atoms with Crippen LogP contribution in [-0.4, -0.2) is 46.8 Å². The number of rotatable bonds is 5. The fourth-order valence-electron chi connectivity index (χ4n) is 5.15. The maximum absolute atomic E-state index is 13.3. The number of nitrogens with zero attached hydrogens (tertiary/aromatic N) is 3. The third-order valence-corrected chi connectivity index (χ3v) is 6.65. The van der Waals surface area contributed by atoms with Crippen LogP contribution in [0.2, 0.25) is 0 Å². The van der Waals surface area contributed by atoms with Crippen molar-refractivity contribution in [2.24, 2.45) is 5.41 Å². The van der Waals surface area contributed by atoms with Crippen LogP contribution >= 0.6 is 0 Å². The first kappa shape index (κ1) is 19.1. The van der Waals surface area contributed by atoms with E-state index in [4.69, 9.17) is 4.74 Å². The van der Waals surface area contributed by atoms with Crippen LogP contribution in [0.1, 0.15) is 55.8 Å². The molecule has 1 amide bonds. The van der Waals surface area contributed by atoms with E-state index in [-0.39, 0.29) is 23.5 Å². The van der Waals surface area contributed by atoms with Gasteiger partial charge in [-0.3, -0.25) is 4.79 Å². The van der Waals surface area contributed by atoms with Crippen LogP contribution in [0.25, 0.3) is 11.3 Å². The van der Waals surface area contributed by atoms with Crippen molar-refractivity contribution in [2.75, 3.05) is 13.7 Å². The maximum Gasteiger partial charge on any atom is 0.255 e. The standard InChI is InChI=1S/C23H29N3O2/c1-3-28-21-15-20(23(21)12-8-5-9-13-23)26(2)22(27)18-14-19(25-24-16-18)17-10-6-4-7-11-17/h4,6-7,10-11,14,16,20-21H,3,5,8-9,12-13,15H2,1-2H3/t20-,21-/m1/s1. The molecule has 1 aromatic carbocycles. The minimum absolute atomic E-state index is 0.0250. The molecule has 0 unspecified atom stereocenters. The summed E-state index contributed by atoms with van der Waals surface area (Å²) in [6.45, 7) is 2.80. The third kappa shape index (κ3) is 3.32. The molecule has 1 spiro atoms. The highest BCUT2D eigenvalue weighted by molar-refractivity contribution is 5.95. The Labute approximate surface area is 167 Å². The van der Waals surface area contributed by atoms with Gasteiger partial charge in [0.2, 0.25) is 0 Å². The number of ether oxygens (including phenoxy) is 1. The second kappa shape index (κ2) is 8.00. The summed E-state index contributed by atoms with van der Waals surface area (Å²) >= 11 is 0. The minimum Gasteiger partial charge on any atom is -0.378 e. The Bertz CT molecular complexity index is 818. The summed E-state index contributed by atoms with van der Waals surface area (Å²) < 4.78 is 6.05. The van der Waals surface area contributed by atoms with E-state index in [0.717, 1.165) is 37.1 Å². The fourth-order valence-corrected chi connectivity index (χ4v) is 5.15. The number of benzene rings is 1. The second-order valence-corrected chi connectivity index (χ2v) is 8.10. The first-order valence-corrected chi connectivity index (χ1v) is 10.4. The van der Waals surface area contributed by atoms with Crippen molar-refractivity contribution in [1.29, 1.82) is 0 Å². The van der Waals surface area contributed by atoms with Gasteiger partial charge in [-0.2, -0.15) is 10.2 Å². The predicted molar refractivity (Wildman–Crippen MR) is 109 cm³/mol. The van der Waals surface area contributed by atoms with Crippen LogP contribution in [0, 0.1) is 5.41 Å². The molecule has 2 aliphatic carbocycles. The molecular formula is C23H29N3O2. The quantitative estimate of drug-likeness (QED) is 0.775. The van der Waals surface area contributed by atoms with Crippen LogP contribution in [-0.2, 0) is 4.74 Å². The topological polar surface area (TPSA) is 55.3 Å². The molecule has 2 atom stereocenters. The summed E-state index contributed by atoms with van der Waals surface area (Å²) in [5.74, 6) is 0.0250. The van der Waals surface area contributed by atoms with Crippen molar-refractivity contribution < 1.29 is 9.53 Å². The van der Waals surface area contributed by atoms with E-state index < -0.39 is 0 Å². The SMILES string of the molecule is CCO[C@@H]1C[C@@H](N(C)C(=O)c2cnnc(-c3ccccc3)c2)C12CCCCC2. The first-order valence-electron chi connectivity index (χ1n) is 10.4. The Kier molecular flexibility index (Phi) is 5.44. The number of amides is 1. The first-order chi connectivity index (χ1) is 13.7. The number of carbonyl (C=O) groups is 1. The van der Waals surface area contributed by atoms with Gasteiger partial charge in [-0.15, -0.1) is 0 Å². The molecule has 2 aliphatic rings. The Hall–Kier alpha value is -2.27. The summed E-state index contributed by atoms with van der Waals surface area (Å²) in [4.78, 5) is 15.2. The summed E-state index contributed by atoms with van der Waals surface area (Å²) in [5.41, 5.74) is 2.42. The zero-order valence-corrected chi connectivity index (χ0v) is 16.8. The van der Waals surface area contributed by atoms with Gasteiger partial charge in [0.15, 0.2) is 0 Å². The molecule has 5 nitrogen and oxygen atoms in total. The van der Waals surface area contributed by atoms with Gasteiger partial charge < -0.3 is 9.64 Å². The van der Waals surface area contributed by atoms with E-state index in [0.29, 0.717) is 5.56 Å². The summed E-state index contributed by atoms with van der Waals surface area (Å²) in [5, 5.41) is 8.30. The van der Waals surface area contributed by atoms with Crippen molar-refractivity contribution in [3.63, 3.8) is 0 Å². The third-order valence-electron chi connectivity index (χ3n) is 6.65. The largest absolute Gasteiger partial charge is 0.378 e. The van der Waals surface area contributed by atoms with E-state index >= 15 is 0 Å². The molecule has 0 bridgehead atoms. The van der Waals surface area contributed by atoms with Crippen molar-refractivity contribution in [3.05, 3.63) is 48.2 Å². The number of hydrogen-bond acceptors (Lipinski definition) is 4. The van der Waals surface area contributed by atoms with Crippen molar-refractivity contribution in [3.8, 4) is 11.3 Å². The number of aromatic nitrogens is 2. The Morgan fingerprint density at radius 3 is 2.68 bits per heavy atom. The Balaban J connectivity index is 1.55. The zero-order valence-electron chi connectivity index (χ0n) is 16.8. The van der Waals surface area contributed by atoms with Gasteiger partial charge >= 0.3 is 0 Å². The predicted octanol–water partition coefficient (Wildman–Crippen LogP) is 4.34. The highest BCUT2D eigenvalue weighted by Crippen LogP contribution is 2.55. The molecule has 1 aromatic heterocycles. The smallest absolute Gasteiger partial charge is 0.255 e. The highest BCUT2D eigenvalue weighted by Gasteiger charge is 2.57. The van der Waals surface area contributed by atoms with Gasteiger partial charge in [-0.1, -0.05) is 49.6 Å². The van der Waals surface area contributed by atoms with Crippen LogP contribution < -0.4 is 0 Å². The summed E-state index contributed by atoms with van der Waals surface area (Å²) in [6.07, 6.45) is 8.87. The normalized spacial score (nSPS) is 23.2. The highest BCUT2D eigenvalue weighted by atomic mass is 16.5. The molecule has 0 N–H and O–H groups in total. The Morgan fingerprint density at radius 2 is 1.96 bits per heavy atom. The van der Waals surface area contributed by atoms with E-state index in [9.17, 15) is 4.79 Å². The number of carbonyl (C=O) groups excluding carboxylic acids is 1. The molecule has 0 saturated heterocycles. The molecule has 148 valence electrons. The molecule has 5 heteroatoms.